The lowest BCUT2D eigenvalue weighted by molar-refractivity contribution is -0.150. The molecule has 33 heavy (non-hydrogen) atoms. The fraction of sp³-hybridized carbons (Fsp3) is 0.423. The van der Waals surface area contributed by atoms with Crippen LogP contribution in [-0.2, 0) is 14.3 Å². The van der Waals surface area contributed by atoms with Gasteiger partial charge < -0.3 is 4.74 Å². The number of ether oxygens (including phenoxy) is 1. The first-order valence-electron chi connectivity index (χ1n) is 11.6. The molecule has 7 heteroatoms. The van der Waals surface area contributed by atoms with Crippen molar-refractivity contribution < 1.29 is 14.3 Å². The van der Waals surface area contributed by atoms with E-state index in [1.165, 1.54) is 0 Å². The second-order valence-corrected chi connectivity index (χ2v) is 9.19. The molecule has 2 unspecified atom stereocenters. The number of amides is 1. The third-order valence-electron chi connectivity index (χ3n) is 6.26. The summed E-state index contributed by atoms with van der Waals surface area (Å²) in [6, 6.07) is 15.6. The molecule has 2 aliphatic heterocycles. The molecule has 0 saturated carbocycles. The van der Waals surface area contributed by atoms with Gasteiger partial charge in [-0.05, 0) is 56.5 Å². The zero-order valence-electron chi connectivity index (χ0n) is 19.2. The molecule has 2 aliphatic rings. The number of carbonyl (C=O) groups is 2. The number of benzene rings is 2. The van der Waals surface area contributed by atoms with Crippen molar-refractivity contribution in [3.8, 4) is 0 Å². The lowest BCUT2D eigenvalue weighted by atomic mass is 9.97. The molecular weight excluding hydrogens is 438 g/mol. The van der Waals surface area contributed by atoms with Crippen LogP contribution < -0.4 is 0 Å². The number of halogens is 1. The van der Waals surface area contributed by atoms with Gasteiger partial charge in [0.25, 0.3) is 5.91 Å². The van der Waals surface area contributed by atoms with E-state index in [4.69, 9.17) is 21.4 Å². The average Bonchev–Trinajstić information content (AvgIpc) is 3.26. The summed E-state index contributed by atoms with van der Waals surface area (Å²) in [5, 5.41) is 7.06. The average molecular weight is 468 g/mol. The van der Waals surface area contributed by atoms with E-state index in [1.807, 2.05) is 48.2 Å². The minimum Gasteiger partial charge on any atom is -0.466 e. The number of esters is 1. The number of nitrogens with zero attached hydrogens (tertiary/aromatic N) is 3. The van der Waals surface area contributed by atoms with E-state index in [0.29, 0.717) is 24.6 Å². The van der Waals surface area contributed by atoms with Crippen LogP contribution in [0.1, 0.15) is 48.9 Å². The van der Waals surface area contributed by atoms with Crippen LogP contribution in [0.4, 0.5) is 0 Å². The minimum absolute atomic E-state index is 0.0675. The molecule has 0 aliphatic carbocycles. The zero-order valence-corrected chi connectivity index (χ0v) is 19.9. The van der Waals surface area contributed by atoms with Gasteiger partial charge in [0.05, 0.1) is 30.8 Å². The van der Waals surface area contributed by atoms with Crippen LogP contribution in [0.3, 0.4) is 0 Å². The van der Waals surface area contributed by atoms with Crippen LogP contribution in [0.15, 0.2) is 53.6 Å². The Balaban J connectivity index is 1.54. The Hall–Kier alpha value is -2.70. The fourth-order valence-corrected chi connectivity index (χ4v) is 4.73. The predicted molar refractivity (Wildman–Crippen MR) is 129 cm³/mol. The maximum Gasteiger partial charge on any atom is 0.310 e. The third-order valence-corrected chi connectivity index (χ3v) is 6.51. The Bertz CT molecular complexity index is 1040. The van der Waals surface area contributed by atoms with Crippen LogP contribution in [0, 0.1) is 12.8 Å². The molecule has 0 spiro atoms. The second kappa shape index (κ2) is 10.5. The Kier molecular flexibility index (Phi) is 7.46. The van der Waals surface area contributed by atoms with Crippen LogP contribution >= 0.6 is 11.6 Å². The second-order valence-electron chi connectivity index (χ2n) is 8.75. The van der Waals surface area contributed by atoms with Crippen molar-refractivity contribution in [1.29, 1.82) is 0 Å². The van der Waals surface area contributed by atoms with E-state index >= 15 is 0 Å². The first-order chi connectivity index (χ1) is 15.9. The van der Waals surface area contributed by atoms with Crippen molar-refractivity contribution >= 4 is 29.2 Å². The highest BCUT2D eigenvalue weighted by molar-refractivity contribution is 6.30. The Morgan fingerprint density at radius 1 is 1.18 bits per heavy atom. The summed E-state index contributed by atoms with van der Waals surface area (Å²) >= 11 is 6.10. The number of aryl methyl sites for hydroxylation is 1. The number of hydrogen-bond donors (Lipinski definition) is 0. The highest BCUT2D eigenvalue weighted by atomic mass is 35.5. The monoisotopic (exact) mass is 467 g/mol. The predicted octanol–water partition coefficient (Wildman–Crippen LogP) is 4.60. The summed E-state index contributed by atoms with van der Waals surface area (Å²) in [4.78, 5) is 27.7. The van der Waals surface area contributed by atoms with Gasteiger partial charge in [-0.15, -0.1) is 0 Å². The van der Waals surface area contributed by atoms with Crippen molar-refractivity contribution in [2.45, 2.75) is 39.2 Å². The SMILES string of the molecule is CCOC(=O)C1CCCN(CC(=O)N2N=C(c3cccc(C)c3)CC2c2ccc(Cl)cc2)C1. The molecule has 1 saturated heterocycles. The molecule has 2 aromatic rings. The van der Waals surface area contributed by atoms with Gasteiger partial charge >= 0.3 is 5.97 Å². The summed E-state index contributed by atoms with van der Waals surface area (Å²) in [6.07, 6.45) is 2.31. The smallest absolute Gasteiger partial charge is 0.310 e. The number of carbonyl (C=O) groups excluding carboxylic acids is 2. The van der Waals surface area contributed by atoms with E-state index in [0.717, 1.165) is 41.8 Å². The first kappa shape index (κ1) is 23.5. The number of rotatable bonds is 6. The first-order valence-corrected chi connectivity index (χ1v) is 11.9. The highest BCUT2D eigenvalue weighted by Crippen LogP contribution is 2.34. The van der Waals surface area contributed by atoms with E-state index in [1.54, 1.807) is 5.01 Å². The van der Waals surface area contributed by atoms with E-state index in [2.05, 4.69) is 19.1 Å². The highest BCUT2D eigenvalue weighted by Gasteiger charge is 2.35. The lowest BCUT2D eigenvalue weighted by Crippen LogP contribution is -2.44. The van der Waals surface area contributed by atoms with Crippen LogP contribution in [-0.4, -0.2) is 53.7 Å². The molecule has 0 aromatic heterocycles. The molecule has 6 nitrogen and oxygen atoms in total. The zero-order chi connectivity index (χ0) is 23.4. The summed E-state index contributed by atoms with van der Waals surface area (Å²) in [5.74, 6) is -0.416. The molecule has 2 heterocycles. The summed E-state index contributed by atoms with van der Waals surface area (Å²) in [6.45, 7) is 5.80. The Morgan fingerprint density at radius 3 is 2.70 bits per heavy atom. The van der Waals surface area contributed by atoms with Gasteiger partial charge in [-0.2, -0.15) is 5.10 Å². The molecule has 4 rings (SSSR count). The van der Waals surface area contributed by atoms with Gasteiger partial charge in [0.2, 0.25) is 0 Å². The summed E-state index contributed by atoms with van der Waals surface area (Å²) in [5.41, 5.74) is 4.09. The molecule has 0 N–H and O–H groups in total. The van der Waals surface area contributed by atoms with Crippen LogP contribution in [0.5, 0.6) is 0 Å². The van der Waals surface area contributed by atoms with Gasteiger partial charge in [-0.25, -0.2) is 5.01 Å². The lowest BCUT2D eigenvalue weighted by Gasteiger charge is -2.32. The molecule has 1 fully saturated rings. The van der Waals surface area contributed by atoms with Gasteiger partial charge in [0.15, 0.2) is 0 Å². The molecule has 174 valence electrons. The Morgan fingerprint density at radius 2 is 1.97 bits per heavy atom. The van der Waals surface area contributed by atoms with Crippen molar-refractivity contribution in [3.05, 3.63) is 70.2 Å². The number of hydrogen-bond acceptors (Lipinski definition) is 5. The number of piperidine rings is 1. The molecule has 2 aromatic carbocycles. The summed E-state index contributed by atoms with van der Waals surface area (Å²) < 4.78 is 5.20. The van der Waals surface area contributed by atoms with Gasteiger partial charge in [0, 0.05) is 18.0 Å². The van der Waals surface area contributed by atoms with Gasteiger partial charge in [-0.1, -0.05) is 53.6 Å². The topological polar surface area (TPSA) is 62.2 Å². The van der Waals surface area contributed by atoms with Gasteiger partial charge in [0.1, 0.15) is 0 Å². The van der Waals surface area contributed by atoms with E-state index in [9.17, 15) is 9.59 Å². The van der Waals surface area contributed by atoms with Crippen LogP contribution in [0.25, 0.3) is 0 Å². The number of hydrazone groups is 1. The number of likely N-dealkylation sites (tertiary alicyclic amines) is 1. The Labute approximate surface area is 200 Å². The van der Waals surface area contributed by atoms with Crippen molar-refractivity contribution in [3.63, 3.8) is 0 Å². The van der Waals surface area contributed by atoms with Crippen molar-refractivity contribution in [2.75, 3.05) is 26.2 Å². The summed E-state index contributed by atoms with van der Waals surface area (Å²) in [7, 11) is 0. The molecule has 0 bridgehead atoms. The largest absolute Gasteiger partial charge is 0.466 e. The van der Waals surface area contributed by atoms with E-state index in [-0.39, 0.29) is 30.4 Å². The van der Waals surface area contributed by atoms with Crippen molar-refractivity contribution in [2.24, 2.45) is 11.0 Å². The normalized spacial score (nSPS) is 21.1. The molecule has 0 radical (unpaired) electrons. The quantitative estimate of drug-likeness (QED) is 0.582. The third kappa shape index (κ3) is 5.63. The molecule has 1 amide bonds. The van der Waals surface area contributed by atoms with Crippen molar-refractivity contribution in [1.82, 2.24) is 9.91 Å². The maximum absolute atomic E-state index is 13.4. The standard InChI is InChI=1S/C26H30ClN3O3/c1-3-33-26(32)21-8-5-13-29(16-21)17-25(31)30-24(19-9-11-22(27)12-10-19)15-23(28-30)20-7-4-6-18(2)14-20/h4,6-7,9-12,14,21,24H,3,5,8,13,15-17H2,1-2H3. The van der Waals surface area contributed by atoms with Gasteiger partial charge in [-0.3, -0.25) is 14.5 Å². The molecular formula is C26H30ClN3O3. The maximum atomic E-state index is 13.4. The van der Waals surface area contributed by atoms with Crippen LogP contribution in [0.2, 0.25) is 5.02 Å². The fourth-order valence-electron chi connectivity index (χ4n) is 4.60. The molecule has 2 atom stereocenters. The van der Waals surface area contributed by atoms with E-state index < -0.39 is 0 Å². The minimum atomic E-state index is -0.184.